The molecule has 93 heavy (non-hydrogen) atoms. The van der Waals surface area contributed by atoms with Gasteiger partial charge in [0.2, 0.25) is 70.9 Å². The molecule has 0 saturated carbocycles. The van der Waals surface area contributed by atoms with Gasteiger partial charge in [0.15, 0.2) is 0 Å². The number of rotatable bonds is 24. The molecule has 4 heterocycles. The van der Waals surface area contributed by atoms with Gasteiger partial charge in [-0.2, -0.15) is 23.5 Å². The van der Waals surface area contributed by atoms with E-state index >= 15 is 4.79 Å². The molecule has 0 aliphatic carbocycles. The lowest BCUT2D eigenvalue weighted by atomic mass is 9.93. The molecule has 3 unspecified atom stereocenters. The first-order valence-corrected chi connectivity index (χ1v) is 34.1. The summed E-state index contributed by atoms with van der Waals surface area (Å²) in [4.78, 5) is 184. The van der Waals surface area contributed by atoms with Crippen LogP contribution in [0.1, 0.15) is 128 Å². The first-order valence-electron chi connectivity index (χ1n) is 31.8. The van der Waals surface area contributed by atoms with Crippen LogP contribution in [0, 0.1) is 11.8 Å². The number of aliphatic carboxylic acids is 1. The summed E-state index contributed by atoms with van der Waals surface area (Å²) in [6.07, 6.45) is 0.751. The molecule has 510 valence electrons. The lowest BCUT2D eigenvalue weighted by molar-refractivity contribution is -0.148. The summed E-state index contributed by atoms with van der Waals surface area (Å²) in [6.45, 7) is 7.73. The van der Waals surface area contributed by atoms with Crippen LogP contribution in [0.3, 0.4) is 0 Å². The standard InChI is InChI=1S/C63H91N13O15S2/c1-5-36(3)53(67-37(4)77)63(91)75-26-10-15-49(75)62(90)74-25-9-14-48(74)60(88)70-42(13-6-7-24-64)55(83)71-45(29-38-16-18-41(78)19-17-38)58(86)73-47-33-92-31-39-11-8-12-40(28-39)32-93-34-50(54(66)82)76-30-35(2)27-46(61(76)89)72-57(85)43(20-22-51(65)79)68-56(84)44(69-59(47)87)21-23-52(80)81/h8,11-12,16-19,28,35-36,42-50,53,78H,5-7,9-10,13-15,20-27,29-34,64H2,1-4H3,(H2,65,79)(H2,66,82)(H,67,77)(H,68,84)(H,69,87)(H,70,88)(H,71,83)(H,72,85)(H,73,86)(H,80,81)/t35?,36-,42-,43-,44-,45-,46?,47-,48-,49-,50-,53?/m0/s1. The van der Waals surface area contributed by atoms with Crippen molar-refractivity contribution < 1.29 is 72.5 Å². The molecule has 3 saturated heterocycles. The van der Waals surface area contributed by atoms with Crippen LogP contribution in [-0.2, 0) is 80.3 Å². The predicted molar refractivity (Wildman–Crippen MR) is 345 cm³/mol. The number of carbonyl (C=O) groups excluding carboxylic acids is 12. The second kappa shape index (κ2) is 35.9. The van der Waals surface area contributed by atoms with Crippen LogP contribution >= 0.6 is 23.5 Å². The lowest BCUT2D eigenvalue weighted by Gasteiger charge is -2.40. The Balaban J connectivity index is 1.30. The number of likely N-dealkylation sites (tertiary alicyclic amines) is 2. The summed E-state index contributed by atoms with van der Waals surface area (Å²) >= 11 is 2.55. The van der Waals surface area contributed by atoms with E-state index in [2.05, 4.69) is 37.2 Å². The number of aromatic hydroxyl groups is 1. The minimum atomic E-state index is -1.70. The number of nitrogens with zero attached hydrogens (tertiary/aromatic N) is 3. The van der Waals surface area contributed by atoms with Gasteiger partial charge in [0.25, 0.3) is 0 Å². The van der Waals surface area contributed by atoms with Gasteiger partial charge in [-0.1, -0.05) is 63.6 Å². The number of carboxylic acid groups (broad SMARTS) is 1. The largest absolute Gasteiger partial charge is 0.508 e. The molecule has 4 aliphatic heterocycles. The number of thioether (sulfide) groups is 2. The Morgan fingerprint density at radius 1 is 0.742 bits per heavy atom. The first-order chi connectivity index (χ1) is 44.3. The van der Waals surface area contributed by atoms with Crippen molar-refractivity contribution in [1.29, 1.82) is 0 Å². The Hall–Kier alpha value is -7.99. The number of primary amides is 2. The highest BCUT2D eigenvalue weighted by atomic mass is 32.2. The molecular formula is C63H91N13O15S2. The highest BCUT2D eigenvalue weighted by molar-refractivity contribution is 7.98. The van der Waals surface area contributed by atoms with Crippen molar-refractivity contribution in [2.24, 2.45) is 29.0 Å². The maximum absolute atomic E-state index is 15.0. The Labute approximate surface area is 549 Å². The number of benzene rings is 2. The van der Waals surface area contributed by atoms with Crippen LogP contribution in [0.15, 0.2) is 48.5 Å². The van der Waals surface area contributed by atoms with Crippen LogP contribution in [0.2, 0.25) is 0 Å². The molecular weight excluding hydrogens is 1240 g/mol. The Morgan fingerprint density at radius 3 is 1.99 bits per heavy atom. The molecule has 30 heteroatoms. The second-order valence-electron chi connectivity index (χ2n) is 24.5. The number of fused-ring (bicyclic) bond motifs is 4. The fourth-order valence-corrected chi connectivity index (χ4v) is 14.0. The molecule has 4 aliphatic rings. The summed E-state index contributed by atoms with van der Waals surface area (Å²) in [5.74, 6) is -10.2. The van der Waals surface area contributed by atoms with Gasteiger partial charge in [-0.05, 0) is 111 Å². The number of nitrogens with one attached hydrogen (secondary N) is 7. The number of piperidine rings is 1. The van der Waals surface area contributed by atoms with Crippen molar-refractivity contribution in [3.8, 4) is 5.75 Å². The van der Waals surface area contributed by atoms with Gasteiger partial charge in [-0.3, -0.25) is 62.3 Å². The molecule has 12 amide bonds. The quantitative estimate of drug-likeness (QED) is 0.0592. The SMILES string of the molecule is CC[C@H](C)C(NC(C)=O)C(=O)N1CCC[C@H]1C(=O)N1CCC[C@H]1C(=O)N[C@@H](CCCCN)C(=O)N[C@@H](Cc1ccc(O)cc1)C(=O)N[C@H]1CSCc2cccc(c2)CSC[C@@H](C(N)=O)N2CC(C)CC(NC(=O)[C@H](CCC(N)=O)NC(=O)[C@H](CCC(=O)O)NC1=O)C2=O. The number of phenols is 1. The molecule has 2 aromatic carbocycles. The number of hydrogen-bond acceptors (Lipinski definition) is 17. The van der Waals surface area contributed by atoms with Crippen molar-refractivity contribution in [3.63, 3.8) is 0 Å². The predicted octanol–water partition coefficient (Wildman–Crippen LogP) is -0.462. The first kappa shape index (κ1) is 74.1. The van der Waals surface area contributed by atoms with Crippen LogP contribution in [0.5, 0.6) is 5.75 Å². The van der Waals surface area contributed by atoms with Crippen molar-refractivity contribution in [1.82, 2.24) is 51.9 Å². The zero-order valence-corrected chi connectivity index (χ0v) is 54.8. The van der Waals surface area contributed by atoms with Gasteiger partial charge >= 0.3 is 5.97 Å². The zero-order chi connectivity index (χ0) is 68.1. The van der Waals surface area contributed by atoms with E-state index in [-0.39, 0.29) is 86.7 Å². The molecule has 28 nitrogen and oxygen atoms in total. The normalized spacial score (nSPS) is 23.8. The number of carbonyl (C=O) groups is 13. The highest BCUT2D eigenvalue weighted by Gasteiger charge is 2.46. The third-order valence-electron chi connectivity index (χ3n) is 17.1. The number of phenolic OH excluding ortho intramolecular Hbond substituents is 1. The van der Waals surface area contributed by atoms with E-state index in [0.29, 0.717) is 49.8 Å². The number of nitrogens with two attached hydrogens (primary N) is 3. The molecule has 2 aromatic rings. The van der Waals surface area contributed by atoms with Gasteiger partial charge in [0.1, 0.15) is 66.2 Å². The van der Waals surface area contributed by atoms with E-state index in [1.54, 1.807) is 0 Å². The molecule has 3 fully saturated rings. The van der Waals surface area contributed by atoms with E-state index in [1.807, 2.05) is 45.0 Å². The Bertz CT molecular complexity index is 3030. The van der Waals surface area contributed by atoms with E-state index in [1.165, 1.54) is 69.4 Å². The molecule has 0 aromatic heterocycles. The minimum absolute atomic E-state index is 0.0326. The van der Waals surface area contributed by atoms with Crippen LogP contribution in [0.4, 0.5) is 0 Å². The van der Waals surface area contributed by atoms with Gasteiger partial charge in [0, 0.05) is 68.8 Å². The maximum Gasteiger partial charge on any atom is 0.303 e. The molecule has 0 spiro atoms. The molecule has 4 bridgehead atoms. The van der Waals surface area contributed by atoms with Crippen molar-refractivity contribution in [2.75, 3.05) is 37.7 Å². The van der Waals surface area contributed by atoms with E-state index in [9.17, 15) is 67.7 Å². The third kappa shape index (κ3) is 21.8. The number of amides is 12. The van der Waals surface area contributed by atoms with Crippen molar-refractivity contribution >= 4 is 100 Å². The molecule has 6 rings (SSSR count). The van der Waals surface area contributed by atoms with Crippen LogP contribution in [-0.4, -0.2) is 200 Å². The molecule has 0 radical (unpaired) electrons. The summed E-state index contributed by atoms with van der Waals surface area (Å²) < 4.78 is 0. The monoisotopic (exact) mass is 1330 g/mol. The van der Waals surface area contributed by atoms with Crippen LogP contribution in [0.25, 0.3) is 0 Å². The van der Waals surface area contributed by atoms with Gasteiger partial charge in [-0.15, -0.1) is 0 Å². The summed E-state index contributed by atoms with van der Waals surface area (Å²) in [5, 5.41) is 38.9. The average molecular weight is 1330 g/mol. The Kier molecular flexibility index (Phi) is 28.6. The summed E-state index contributed by atoms with van der Waals surface area (Å²) in [5.41, 5.74) is 19.3. The molecule has 15 N–H and O–H groups in total. The zero-order valence-electron chi connectivity index (χ0n) is 53.2. The number of hydrogen-bond donors (Lipinski definition) is 12. The smallest absolute Gasteiger partial charge is 0.303 e. The van der Waals surface area contributed by atoms with Gasteiger partial charge < -0.3 is 79.3 Å². The average Bonchev–Trinajstić information content (AvgIpc) is 1.77. The van der Waals surface area contributed by atoms with E-state index < -0.39 is 163 Å². The fourth-order valence-electron chi connectivity index (χ4n) is 11.9. The Morgan fingerprint density at radius 2 is 1.37 bits per heavy atom. The summed E-state index contributed by atoms with van der Waals surface area (Å²) in [6, 6.07) is 0.448. The van der Waals surface area contributed by atoms with Crippen molar-refractivity contribution in [3.05, 3.63) is 65.2 Å². The molecule has 12 atom stereocenters. The van der Waals surface area contributed by atoms with Gasteiger partial charge in [0.05, 0.1) is 0 Å². The maximum atomic E-state index is 15.0. The van der Waals surface area contributed by atoms with Crippen molar-refractivity contribution in [2.45, 2.75) is 190 Å². The van der Waals surface area contributed by atoms with Crippen LogP contribution < -0.4 is 54.4 Å². The topological polar surface area (TPSA) is 434 Å². The third-order valence-corrected chi connectivity index (χ3v) is 19.3. The highest BCUT2D eigenvalue weighted by Crippen LogP contribution is 2.29. The fraction of sp³-hybridized carbons (Fsp3) is 0.603. The lowest BCUT2D eigenvalue weighted by Crippen LogP contribution is -2.63. The van der Waals surface area contributed by atoms with E-state index in [4.69, 9.17) is 17.2 Å². The second-order valence-corrected chi connectivity index (χ2v) is 26.6. The van der Waals surface area contributed by atoms with E-state index in [0.717, 1.165) is 11.1 Å². The van der Waals surface area contributed by atoms with Gasteiger partial charge in [-0.25, -0.2) is 0 Å². The number of carboxylic acids is 1. The number of unbranched alkanes of at least 4 members (excludes halogenated alkanes) is 1. The minimum Gasteiger partial charge on any atom is -0.508 e. The summed E-state index contributed by atoms with van der Waals surface area (Å²) in [7, 11) is 0.